The van der Waals surface area contributed by atoms with E-state index in [9.17, 15) is 9.59 Å². The zero-order valence-electron chi connectivity index (χ0n) is 15.5. The number of fused-ring (bicyclic) bond motifs is 2. The van der Waals surface area contributed by atoms with Gasteiger partial charge in [-0.1, -0.05) is 0 Å². The Morgan fingerprint density at radius 2 is 1.28 bits per heavy atom. The second-order valence-corrected chi connectivity index (χ2v) is 9.02. The Morgan fingerprint density at radius 1 is 0.880 bits per heavy atom. The third-order valence-electron chi connectivity index (χ3n) is 6.41. The molecule has 0 bridgehead atoms. The average Bonchev–Trinajstić information content (AvgIpc) is 3.37. The minimum Gasteiger partial charge on any atom is -0.423 e. The Balaban J connectivity index is 1.28. The number of esters is 2. The van der Waals surface area contributed by atoms with E-state index in [1.165, 1.54) is 0 Å². The number of hydrogen-bond donors (Lipinski definition) is 0. The van der Waals surface area contributed by atoms with Crippen LogP contribution in [0.3, 0.4) is 0 Å². The van der Waals surface area contributed by atoms with Gasteiger partial charge < -0.3 is 18.9 Å². The van der Waals surface area contributed by atoms with Gasteiger partial charge in [0.25, 0.3) is 5.79 Å². The van der Waals surface area contributed by atoms with E-state index in [0.717, 1.165) is 25.7 Å². The second-order valence-electron chi connectivity index (χ2n) is 9.02. The molecule has 5 unspecified atom stereocenters. The summed E-state index contributed by atoms with van der Waals surface area (Å²) in [5.41, 5.74) is -0.0573. The standard InChI is InChI=1S/C19H28O6/c1-17(2,24-15(20)11-5-7-18(3)13(9-11)22-18)25-16(21)12-6-8-19(4)14(10-12)23-19/h11-14H,5-10H2,1-4H3/t11?,12?,13-,14?,18?,19?/m0/s1. The van der Waals surface area contributed by atoms with Crippen LogP contribution in [0.15, 0.2) is 0 Å². The molecule has 6 atom stereocenters. The van der Waals surface area contributed by atoms with Gasteiger partial charge in [0.1, 0.15) is 0 Å². The molecule has 25 heavy (non-hydrogen) atoms. The molecule has 0 spiro atoms. The summed E-state index contributed by atoms with van der Waals surface area (Å²) in [5.74, 6) is -2.18. The summed E-state index contributed by atoms with van der Waals surface area (Å²) in [6, 6.07) is 0. The summed E-state index contributed by atoms with van der Waals surface area (Å²) in [7, 11) is 0. The smallest absolute Gasteiger partial charge is 0.312 e. The van der Waals surface area contributed by atoms with Crippen LogP contribution in [0.5, 0.6) is 0 Å². The van der Waals surface area contributed by atoms with Crippen LogP contribution < -0.4 is 0 Å². The van der Waals surface area contributed by atoms with Gasteiger partial charge >= 0.3 is 11.9 Å². The molecule has 2 aliphatic heterocycles. The fourth-order valence-electron chi connectivity index (χ4n) is 4.39. The molecule has 140 valence electrons. The molecule has 0 aromatic heterocycles. The van der Waals surface area contributed by atoms with Crippen molar-refractivity contribution >= 4 is 11.9 Å². The maximum absolute atomic E-state index is 12.5. The van der Waals surface area contributed by atoms with Crippen molar-refractivity contribution in [2.75, 3.05) is 0 Å². The molecular formula is C19H28O6. The summed E-state index contributed by atoms with van der Waals surface area (Å²) >= 11 is 0. The molecule has 6 nitrogen and oxygen atoms in total. The molecule has 0 N–H and O–H groups in total. The zero-order valence-corrected chi connectivity index (χ0v) is 15.5. The molecule has 0 aromatic carbocycles. The van der Waals surface area contributed by atoms with Crippen LogP contribution in [0.1, 0.15) is 66.2 Å². The number of rotatable bonds is 4. The highest BCUT2D eigenvalue weighted by molar-refractivity contribution is 5.75. The van der Waals surface area contributed by atoms with Gasteiger partial charge in [-0.25, -0.2) is 0 Å². The fourth-order valence-corrected chi connectivity index (χ4v) is 4.39. The normalized spacial score (nSPS) is 45.0. The maximum atomic E-state index is 12.5. The van der Waals surface area contributed by atoms with Crippen molar-refractivity contribution in [1.82, 2.24) is 0 Å². The Hall–Kier alpha value is -1.14. The number of epoxide rings is 2. The van der Waals surface area contributed by atoms with Crippen molar-refractivity contribution in [2.24, 2.45) is 11.8 Å². The van der Waals surface area contributed by atoms with Crippen molar-refractivity contribution in [3.63, 3.8) is 0 Å². The molecule has 4 rings (SSSR count). The van der Waals surface area contributed by atoms with Gasteiger partial charge in [0.2, 0.25) is 0 Å². The van der Waals surface area contributed by atoms with Gasteiger partial charge in [-0.2, -0.15) is 0 Å². The van der Waals surface area contributed by atoms with Gasteiger partial charge in [-0.3, -0.25) is 9.59 Å². The first kappa shape index (κ1) is 17.3. The Kier molecular flexibility index (Phi) is 3.75. The van der Waals surface area contributed by atoms with Crippen LogP contribution in [0.25, 0.3) is 0 Å². The van der Waals surface area contributed by atoms with Crippen molar-refractivity contribution in [1.29, 1.82) is 0 Å². The molecule has 0 radical (unpaired) electrons. The van der Waals surface area contributed by atoms with E-state index < -0.39 is 5.79 Å². The molecule has 0 amide bonds. The second kappa shape index (κ2) is 5.43. The highest BCUT2D eigenvalue weighted by atomic mass is 16.7. The van der Waals surface area contributed by atoms with Crippen LogP contribution >= 0.6 is 0 Å². The minimum atomic E-state index is -1.25. The lowest BCUT2D eigenvalue weighted by Gasteiger charge is -2.30. The number of carbonyl (C=O) groups excluding carboxylic acids is 2. The van der Waals surface area contributed by atoms with Gasteiger partial charge in [0.15, 0.2) is 0 Å². The lowest BCUT2D eigenvalue weighted by atomic mass is 9.83. The van der Waals surface area contributed by atoms with Crippen molar-refractivity contribution in [2.45, 2.75) is 95.4 Å². The quantitative estimate of drug-likeness (QED) is 0.440. The summed E-state index contributed by atoms with van der Waals surface area (Å²) in [4.78, 5) is 24.9. The summed E-state index contributed by atoms with van der Waals surface area (Å²) in [6.07, 6.45) is 4.99. The molecule has 2 heterocycles. The third kappa shape index (κ3) is 3.31. The summed E-state index contributed by atoms with van der Waals surface area (Å²) < 4.78 is 22.3. The predicted octanol–water partition coefficient (Wildman–Crippen LogP) is 2.72. The molecular weight excluding hydrogens is 324 g/mol. The molecule has 4 fully saturated rings. The topological polar surface area (TPSA) is 77.7 Å². The van der Waals surface area contributed by atoms with Crippen LogP contribution in [0.4, 0.5) is 0 Å². The molecule has 6 heteroatoms. The highest BCUT2D eigenvalue weighted by Crippen LogP contribution is 2.50. The van der Waals surface area contributed by atoms with Crippen molar-refractivity contribution in [3.8, 4) is 0 Å². The highest BCUT2D eigenvalue weighted by Gasteiger charge is 2.58. The van der Waals surface area contributed by atoms with E-state index in [1.807, 2.05) is 0 Å². The largest absolute Gasteiger partial charge is 0.423 e. The van der Waals surface area contributed by atoms with Crippen LogP contribution in [-0.2, 0) is 28.5 Å². The van der Waals surface area contributed by atoms with E-state index in [1.54, 1.807) is 13.8 Å². The zero-order chi connectivity index (χ0) is 18.0. The predicted molar refractivity (Wildman–Crippen MR) is 87.5 cm³/mol. The molecule has 2 saturated carbocycles. The Bertz CT molecular complexity index is 551. The van der Waals surface area contributed by atoms with Crippen molar-refractivity contribution < 1.29 is 28.5 Å². The molecule has 2 aliphatic carbocycles. The van der Waals surface area contributed by atoms with Gasteiger partial charge in [0, 0.05) is 13.8 Å². The first-order chi connectivity index (χ1) is 11.6. The number of hydrogen-bond acceptors (Lipinski definition) is 6. The molecule has 0 aromatic rings. The lowest BCUT2D eigenvalue weighted by molar-refractivity contribution is -0.222. The lowest BCUT2D eigenvalue weighted by Crippen LogP contribution is -2.40. The van der Waals surface area contributed by atoms with Gasteiger partial charge in [-0.05, 0) is 52.4 Å². The maximum Gasteiger partial charge on any atom is 0.312 e. The Morgan fingerprint density at radius 3 is 1.64 bits per heavy atom. The van der Waals surface area contributed by atoms with E-state index in [2.05, 4.69) is 13.8 Å². The first-order valence-electron chi connectivity index (χ1n) is 9.42. The number of ether oxygens (including phenoxy) is 4. The van der Waals surface area contributed by atoms with E-state index in [4.69, 9.17) is 18.9 Å². The Labute approximate surface area is 148 Å². The summed E-state index contributed by atoms with van der Waals surface area (Å²) in [6.45, 7) is 7.43. The van der Waals surface area contributed by atoms with Crippen LogP contribution in [0.2, 0.25) is 0 Å². The summed E-state index contributed by atoms with van der Waals surface area (Å²) in [5, 5.41) is 0. The average molecular weight is 352 g/mol. The molecule has 2 saturated heterocycles. The van der Waals surface area contributed by atoms with E-state index in [0.29, 0.717) is 12.8 Å². The van der Waals surface area contributed by atoms with Crippen LogP contribution in [-0.4, -0.2) is 41.1 Å². The molecule has 4 aliphatic rings. The van der Waals surface area contributed by atoms with Crippen LogP contribution in [0, 0.1) is 11.8 Å². The van der Waals surface area contributed by atoms with E-state index >= 15 is 0 Å². The fraction of sp³-hybridized carbons (Fsp3) is 0.895. The number of carbonyl (C=O) groups is 2. The SMILES string of the molecule is CC(C)(OC(=O)C1CCC2(C)OC2C1)OC(=O)C1CCC2(C)O[C@H]2C1. The van der Waals surface area contributed by atoms with E-state index in [-0.39, 0.29) is 47.2 Å². The van der Waals surface area contributed by atoms with Gasteiger partial charge in [-0.15, -0.1) is 0 Å². The third-order valence-corrected chi connectivity index (χ3v) is 6.41. The van der Waals surface area contributed by atoms with Gasteiger partial charge in [0.05, 0.1) is 35.2 Å². The monoisotopic (exact) mass is 352 g/mol. The minimum absolute atomic E-state index is 0.0286. The van der Waals surface area contributed by atoms with Crippen molar-refractivity contribution in [3.05, 3.63) is 0 Å². The first-order valence-corrected chi connectivity index (χ1v) is 9.42.